The maximum Gasteiger partial charge on any atom is 0.416 e. The Kier molecular flexibility index (Phi) is 12.8. The lowest BCUT2D eigenvalue weighted by molar-refractivity contribution is -0.137. The molecule has 424 valence electrons. The van der Waals surface area contributed by atoms with Gasteiger partial charge in [0.1, 0.15) is 46.6 Å². The molecule has 14 aromatic rings. The fourth-order valence-corrected chi connectivity index (χ4v) is 11.5. The number of alkyl halides is 3. The van der Waals surface area contributed by atoms with Crippen molar-refractivity contribution in [2.75, 3.05) is 0 Å². The molecule has 0 amide bonds. The SMILES string of the molecule is Cc1ccc(-n2c3cc(-c4nc(C)nc(C)n4)ccc3c3ccc(-c4nc(C)nc(C)n4)cc32)c(-c2nc(-c3ccccc3)nc(-c3cc(C(F)(F)F)ccc3-n3c4cc(-c5nc(C)nc(C)n5)ccc4c4ccc(-c5nc(C)nc(C)n5)cc43)n2)c1. The summed E-state index contributed by atoms with van der Waals surface area (Å²) in [5.41, 5.74) is 7.96. The summed E-state index contributed by atoms with van der Waals surface area (Å²) in [4.78, 5) is 71.4. The first-order valence-corrected chi connectivity index (χ1v) is 28.0. The van der Waals surface area contributed by atoms with Crippen molar-refractivity contribution in [3.05, 3.63) is 197 Å². The normalized spacial score (nSPS) is 11.9. The summed E-state index contributed by atoms with van der Waals surface area (Å²) in [6.07, 6.45) is -4.77. The number of halogens is 3. The van der Waals surface area contributed by atoms with Crippen LogP contribution in [0.1, 0.15) is 57.7 Å². The smallest absolute Gasteiger partial charge is 0.308 e. The molecule has 7 aromatic heterocycles. The monoisotopic (exact) mass is 1150 g/mol. The van der Waals surface area contributed by atoms with Gasteiger partial charge in [0.2, 0.25) is 0 Å². The largest absolute Gasteiger partial charge is 0.416 e. The Labute approximate surface area is 495 Å². The molecule has 7 heterocycles. The van der Waals surface area contributed by atoms with Gasteiger partial charge in [0.15, 0.2) is 40.8 Å². The second-order valence-electron chi connectivity index (χ2n) is 21.5. The van der Waals surface area contributed by atoms with Gasteiger partial charge in [0.25, 0.3) is 0 Å². The van der Waals surface area contributed by atoms with Crippen LogP contribution in [0.5, 0.6) is 0 Å². The Morgan fingerprint density at radius 2 is 0.586 bits per heavy atom. The lowest BCUT2D eigenvalue weighted by Gasteiger charge is -2.18. The number of benzene rings is 7. The molecule has 87 heavy (non-hydrogen) atoms. The van der Waals surface area contributed by atoms with Gasteiger partial charge in [-0.05, 0) is 117 Å². The molecule has 0 fully saturated rings. The molecule has 0 N–H and O–H groups in total. The van der Waals surface area contributed by atoms with Crippen molar-refractivity contribution in [2.45, 2.75) is 68.5 Å². The van der Waals surface area contributed by atoms with Gasteiger partial charge in [0.05, 0.1) is 39.0 Å². The molecule has 0 aliphatic heterocycles. The van der Waals surface area contributed by atoms with Crippen molar-refractivity contribution >= 4 is 43.6 Å². The van der Waals surface area contributed by atoms with E-state index in [-0.39, 0.29) is 23.0 Å². The zero-order valence-electron chi connectivity index (χ0n) is 48.5. The van der Waals surface area contributed by atoms with Crippen LogP contribution in [0.25, 0.3) is 135 Å². The summed E-state index contributed by atoms with van der Waals surface area (Å²) in [6, 6.07) is 43.0. The molecule has 0 spiro atoms. The van der Waals surface area contributed by atoms with E-state index in [0.29, 0.717) is 115 Å². The number of rotatable bonds is 9. The van der Waals surface area contributed by atoms with Gasteiger partial charge in [-0.2, -0.15) is 13.2 Å². The Hall–Kier alpha value is -11.0. The van der Waals surface area contributed by atoms with E-state index in [1.165, 1.54) is 6.07 Å². The predicted octanol–water partition coefficient (Wildman–Crippen LogP) is 14.3. The topological polar surface area (TPSA) is 203 Å². The molecule has 0 aliphatic rings. The second-order valence-corrected chi connectivity index (χ2v) is 21.5. The van der Waals surface area contributed by atoms with Gasteiger partial charge >= 0.3 is 6.18 Å². The van der Waals surface area contributed by atoms with Crippen molar-refractivity contribution in [1.29, 1.82) is 0 Å². The van der Waals surface area contributed by atoms with Gasteiger partial charge in [-0.15, -0.1) is 0 Å². The molecule has 17 nitrogen and oxygen atoms in total. The van der Waals surface area contributed by atoms with Gasteiger partial charge in [-0.3, -0.25) is 0 Å². The quantitative estimate of drug-likeness (QED) is 0.132. The summed E-state index contributed by atoms with van der Waals surface area (Å²) in [5, 5.41) is 3.46. The van der Waals surface area contributed by atoms with E-state index in [2.05, 4.69) is 48.8 Å². The molecule has 20 heteroatoms. The third kappa shape index (κ3) is 9.89. The molecule has 14 rings (SSSR count). The minimum Gasteiger partial charge on any atom is -0.308 e. The maximum atomic E-state index is 15.5. The van der Waals surface area contributed by atoms with E-state index in [1.54, 1.807) is 27.7 Å². The highest BCUT2D eigenvalue weighted by Crippen LogP contribution is 2.44. The predicted molar refractivity (Wildman–Crippen MR) is 328 cm³/mol. The van der Waals surface area contributed by atoms with Crippen molar-refractivity contribution in [3.8, 4) is 91.1 Å². The van der Waals surface area contributed by atoms with Crippen LogP contribution in [0.4, 0.5) is 13.2 Å². The van der Waals surface area contributed by atoms with E-state index < -0.39 is 11.7 Å². The second kappa shape index (κ2) is 20.6. The molecule has 0 unspecified atom stereocenters. The molecule has 0 saturated carbocycles. The molecule has 0 bridgehead atoms. The van der Waals surface area contributed by atoms with Crippen LogP contribution < -0.4 is 0 Å². The van der Waals surface area contributed by atoms with Crippen molar-refractivity contribution in [3.63, 3.8) is 0 Å². The molecule has 7 aromatic carbocycles. The molecule has 0 saturated heterocycles. The number of nitrogens with zero attached hydrogens (tertiary/aromatic N) is 17. The Balaban J connectivity index is 1.06. The van der Waals surface area contributed by atoms with E-state index in [9.17, 15) is 0 Å². The van der Waals surface area contributed by atoms with Crippen molar-refractivity contribution < 1.29 is 13.2 Å². The third-order valence-electron chi connectivity index (χ3n) is 15.1. The highest BCUT2D eigenvalue weighted by molar-refractivity contribution is 6.13. The zero-order valence-corrected chi connectivity index (χ0v) is 48.5. The molecule has 0 aliphatic carbocycles. The van der Waals surface area contributed by atoms with Gasteiger partial charge in [-0.1, -0.05) is 90.5 Å². The number of hydrogen-bond acceptors (Lipinski definition) is 15. The fraction of sp³-hybridized carbons (Fsp3) is 0.149. The van der Waals surface area contributed by atoms with E-state index >= 15 is 13.2 Å². The van der Waals surface area contributed by atoms with Crippen LogP contribution in [0.3, 0.4) is 0 Å². The highest BCUT2D eigenvalue weighted by Gasteiger charge is 2.33. The summed E-state index contributed by atoms with van der Waals surface area (Å²) in [6.45, 7) is 16.5. The van der Waals surface area contributed by atoms with E-state index in [1.807, 2.05) is 136 Å². The zero-order chi connectivity index (χ0) is 60.2. The van der Waals surface area contributed by atoms with Gasteiger partial charge in [-0.25, -0.2) is 74.8 Å². The van der Waals surface area contributed by atoms with Gasteiger partial charge < -0.3 is 9.13 Å². The highest BCUT2D eigenvalue weighted by atomic mass is 19.4. The first-order valence-electron chi connectivity index (χ1n) is 28.0. The molecular weight excluding hydrogens is 1100 g/mol. The third-order valence-corrected chi connectivity index (χ3v) is 15.1. The number of fused-ring (bicyclic) bond motifs is 6. The standard InChI is InChI=1S/C67H50F3N17/c1-33-15-25-54(86-56-28-43(61-75-34(2)71-35(3)76-61)16-21-48(56)49-22-17-44(29-57(49)86)62-77-36(4)72-37(5)78-62)52(27-33)65-83-60(42-13-11-10-12-14-42)84-66(85-65)53-32-47(67(68,69)70)20-26-55(53)87-58-30-45(63-79-38(6)73-39(7)80-63)18-23-50(58)51-24-19-46(31-59(51)87)64-81-40(8)74-41(9)82-64/h10-32H,1-9H3. The summed E-state index contributed by atoms with van der Waals surface area (Å²) < 4.78 is 50.6. The van der Waals surface area contributed by atoms with Crippen molar-refractivity contribution in [1.82, 2.24) is 83.9 Å². The van der Waals surface area contributed by atoms with Crippen molar-refractivity contribution in [2.24, 2.45) is 0 Å². The lowest BCUT2D eigenvalue weighted by Crippen LogP contribution is -2.09. The van der Waals surface area contributed by atoms with Gasteiger partial charge in [0, 0.05) is 60.5 Å². The minimum absolute atomic E-state index is 0.0184. The average molecular weight is 1150 g/mol. The summed E-state index contributed by atoms with van der Waals surface area (Å²) >= 11 is 0. The Morgan fingerprint density at radius 3 is 0.931 bits per heavy atom. The summed E-state index contributed by atoms with van der Waals surface area (Å²) in [7, 11) is 0. The summed E-state index contributed by atoms with van der Waals surface area (Å²) in [5.74, 6) is 6.77. The first kappa shape index (κ1) is 54.0. The van der Waals surface area contributed by atoms with Crippen LogP contribution in [0.2, 0.25) is 0 Å². The lowest BCUT2D eigenvalue weighted by atomic mass is 10.0. The van der Waals surface area contributed by atoms with Crippen LogP contribution in [-0.4, -0.2) is 83.9 Å². The molecular formula is C67H50F3N17. The number of hydrogen-bond donors (Lipinski definition) is 0. The fourth-order valence-electron chi connectivity index (χ4n) is 11.5. The molecule has 0 atom stereocenters. The van der Waals surface area contributed by atoms with Crippen LogP contribution >= 0.6 is 0 Å². The number of aryl methyl sites for hydroxylation is 9. The average Bonchev–Trinajstić information content (AvgIpc) is 1.64. The van der Waals surface area contributed by atoms with Crippen LogP contribution in [-0.2, 0) is 6.18 Å². The van der Waals surface area contributed by atoms with E-state index in [0.717, 1.165) is 61.4 Å². The maximum absolute atomic E-state index is 15.5. The van der Waals surface area contributed by atoms with Crippen LogP contribution in [0.15, 0.2) is 140 Å². The Bertz CT molecular complexity index is 4870. The minimum atomic E-state index is -4.77. The van der Waals surface area contributed by atoms with E-state index in [4.69, 9.17) is 54.8 Å². The Morgan fingerprint density at radius 1 is 0.276 bits per heavy atom. The number of aromatic nitrogens is 17. The molecule has 0 radical (unpaired) electrons. The first-order chi connectivity index (χ1) is 41.8. The van der Waals surface area contributed by atoms with Crippen LogP contribution in [0, 0.1) is 62.3 Å².